The van der Waals surface area contributed by atoms with Crippen molar-refractivity contribution >= 4 is 11.8 Å². The molecule has 5 heteroatoms. The summed E-state index contributed by atoms with van der Waals surface area (Å²) in [7, 11) is 1.91. The summed E-state index contributed by atoms with van der Waals surface area (Å²) in [4.78, 5) is 26.8. The first kappa shape index (κ1) is 15.6. The van der Waals surface area contributed by atoms with Crippen LogP contribution in [0.5, 0.6) is 0 Å². The van der Waals surface area contributed by atoms with Gasteiger partial charge < -0.3 is 15.0 Å². The maximum absolute atomic E-state index is 13.1. The van der Waals surface area contributed by atoms with Crippen molar-refractivity contribution in [1.29, 1.82) is 0 Å². The lowest BCUT2D eigenvalue weighted by Gasteiger charge is -2.37. The van der Waals surface area contributed by atoms with E-state index in [1.54, 1.807) is 0 Å². The molecule has 2 aliphatic carbocycles. The van der Waals surface area contributed by atoms with E-state index in [0.29, 0.717) is 17.9 Å². The Morgan fingerprint density at radius 2 is 1.79 bits per heavy atom. The highest BCUT2D eigenvalue weighted by atomic mass is 16.5. The van der Waals surface area contributed by atoms with Crippen molar-refractivity contribution in [1.82, 2.24) is 10.2 Å². The number of likely N-dealkylation sites (N-methyl/N-ethyl adjacent to an activating group) is 1. The van der Waals surface area contributed by atoms with Gasteiger partial charge in [0.1, 0.15) is 6.61 Å². The van der Waals surface area contributed by atoms with E-state index in [9.17, 15) is 9.59 Å². The molecule has 128 valence electrons. The maximum Gasteiger partial charge on any atom is 0.254 e. The summed E-state index contributed by atoms with van der Waals surface area (Å²) in [5, 5.41) is 2.94. The van der Waals surface area contributed by atoms with Crippen LogP contribution in [0.15, 0.2) is 30.3 Å². The van der Waals surface area contributed by atoms with E-state index in [1.807, 2.05) is 42.3 Å². The van der Waals surface area contributed by atoms with Gasteiger partial charge in [0.25, 0.3) is 5.91 Å². The Labute approximate surface area is 142 Å². The fraction of sp³-hybridized carbons (Fsp3) is 0.579. The van der Waals surface area contributed by atoms with Crippen molar-refractivity contribution in [3.63, 3.8) is 0 Å². The topological polar surface area (TPSA) is 58.6 Å². The van der Waals surface area contributed by atoms with Gasteiger partial charge in [-0.25, -0.2) is 0 Å². The van der Waals surface area contributed by atoms with Crippen molar-refractivity contribution in [3.05, 3.63) is 35.9 Å². The smallest absolute Gasteiger partial charge is 0.254 e. The number of hydrogen-bond donors (Lipinski definition) is 1. The molecule has 0 unspecified atom stereocenters. The number of carbonyl (C=O) groups excluding carboxylic acids is 2. The molecule has 5 nitrogen and oxygen atoms in total. The summed E-state index contributed by atoms with van der Waals surface area (Å²) in [6, 6.07) is 9.54. The normalized spacial score (nSPS) is 27.0. The minimum Gasteiger partial charge on any atom is -0.356 e. The highest BCUT2D eigenvalue weighted by Crippen LogP contribution is 2.47. The second-order valence-corrected chi connectivity index (χ2v) is 7.30. The Kier molecular flexibility index (Phi) is 4.04. The molecule has 0 radical (unpaired) electrons. The fourth-order valence-corrected chi connectivity index (χ4v) is 3.93. The Bertz CT molecular complexity index is 613. The third kappa shape index (κ3) is 3.05. The fourth-order valence-electron chi connectivity index (χ4n) is 3.93. The molecule has 1 aliphatic heterocycles. The average molecular weight is 328 g/mol. The van der Waals surface area contributed by atoms with E-state index in [0.717, 1.165) is 5.56 Å². The number of benzene rings is 1. The highest BCUT2D eigenvalue weighted by molar-refractivity contribution is 5.86. The molecule has 4 rings (SSSR count). The van der Waals surface area contributed by atoms with Crippen LogP contribution in [-0.2, 0) is 14.3 Å². The molecular formula is C19H24N2O3. The molecule has 0 bridgehead atoms. The second kappa shape index (κ2) is 6.20. The lowest BCUT2D eigenvalue weighted by molar-refractivity contribution is -0.156. The van der Waals surface area contributed by atoms with Gasteiger partial charge in [0, 0.05) is 13.1 Å². The summed E-state index contributed by atoms with van der Waals surface area (Å²) < 4.78 is 5.69. The Balaban J connectivity index is 1.55. The summed E-state index contributed by atoms with van der Waals surface area (Å²) in [5.74, 6) is 1.13. The van der Waals surface area contributed by atoms with Gasteiger partial charge in [0.05, 0.1) is 6.04 Å². The lowest BCUT2D eigenvalue weighted by Crippen LogP contribution is -2.55. The van der Waals surface area contributed by atoms with E-state index in [-0.39, 0.29) is 18.4 Å². The van der Waals surface area contributed by atoms with Gasteiger partial charge in [-0.05, 0) is 43.1 Å². The largest absolute Gasteiger partial charge is 0.356 e. The Morgan fingerprint density at radius 1 is 1.17 bits per heavy atom. The standard InChI is InChI=1S/C19H24N2O3/c1-21(17(13-7-8-13)14-9-10-14)19(23)18-16(20-15(22)11-24-18)12-5-3-2-4-6-12/h2-6,13-14,16-18H,7-11H2,1H3,(H,20,22)/t16-,18+/m1/s1. The van der Waals surface area contributed by atoms with Crippen molar-refractivity contribution in [2.45, 2.75) is 43.9 Å². The van der Waals surface area contributed by atoms with E-state index in [2.05, 4.69) is 5.32 Å². The molecule has 2 amide bonds. The third-order valence-corrected chi connectivity index (χ3v) is 5.42. The Morgan fingerprint density at radius 3 is 2.38 bits per heavy atom. The average Bonchev–Trinajstić information content (AvgIpc) is 3.50. The van der Waals surface area contributed by atoms with Gasteiger partial charge in [-0.15, -0.1) is 0 Å². The molecule has 1 N–H and O–H groups in total. The quantitative estimate of drug-likeness (QED) is 0.898. The molecule has 3 fully saturated rings. The van der Waals surface area contributed by atoms with E-state index in [4.69, 9.17) is 4.74 Å². The van der Waals surface area contributed by atoms with Gasteiger partial charge in [0.15, 0.2) is 6.10 Å². The van der Waals surface area contributed by atoms with Crippen molar-refractivity contribution in [2.24, 2.45) is 11.8 Å². The molecule has 24 heavy (non-hydrogen) atoms. The van der Waals surface area contributed by atoms with Gasteiger partial charge >= 0.3 is 0 Å². The van der Waals surface area contributed by atoms with Crippen LogP contribution in [0.25, 0.3) is 0 Å². The number of nitrogens with one attached hydrogen (secondary N) is 1. The molecule has 1 saturated heterocycles. The third-order valence-electron chi connectivity index (χ3n) is 5.42. The van der Waals surface area contributed by atoms with E-state index in [1.165, 1.54) is 25.7 Å². The van der Waals surface area contributed by atoms with Crippen LogP contribution < -0.4 is 5.32 Å². The van der Waals surface area contributed by atoms with Crippen molar-refractivity contribution < 1.29 is 14.3 Å². The molecule has 1 heterocycles. The molecule has 0 aromatic heterocycles. The first-order chi connectivity index (χ1) is 11.6. The SMILES string of the molecule is CN(C(=O)[C@H]1OCC(=O)N[C@@H]1c1ccccc1)C(C1CC1)C1CC1. The van der Waals surface area contributed by atoms with Gasteiger partial charge in [-0.3, -0.25) is 9.59 Å². The van der Waals surface area contributed by atoms with Crippen molar-refractivity contribution in [3.8, 4) is 0 Å². The van der Waals surface area contributed by atoms with Crippen LogP contribution in [-0.4, -0.2) is 42.5 Å². The van der Waals surface area contributed by atoms with Crippen LogP contribution in [0, 0.1) is 11.8 Å². The number of morpholine rings is 1. The molecular weight excluding hydrogens is 304 g/mol. The number of carbonyl (C=O) groups is 2. The zero-order valence-corrected chi connectivity index (χ0v) is 14.0. The van der Waals surface area contributed by atoms with Gasteiger partial charge in [0.2, 0.25) is 5.91 Å². The number of nitrogens with zero attached hydrogens (tertiary/aromatic N) is 1. The lowest BCUT2D eigenvalue weighted by atomic mass is 9.97. The van der Waals surface area contributed by atoms with Crippen LogP contribution >= 0.6 is 0 Å². The van der Waals surface area contributed by atoms with Crippen LogP contribution in [0.4, 0.5) is 0 Å². The minimum atomic E-state index is -0.643. The summed E-state index contributed by atoms with van der Waals surface area (Å²) in [6.45, 7) is -0.0505. The first-order valence-corrected chi connectivity index (χ1v) is 8.87. The molecule has 2 atom stereocenters. The highest BCUT2D eigenvalue weighted by Gasteiger charge is 2.47. The first-order valence-electron chi connectivity index (χ1n) is 8.87. The monoisotopic (exact) mass is 328 g/mol. The number of rotatable bonds is 5. The molecule has 1 aromatic carbocycles. The number of ether oxygens (including phenoxy) is 1. The summed E-state index contributed by atoms with van der Waals surface area (Å²) >= 11 is 0. The predicted molar refractivity (Wildman–Crippen MR) is 89.1 cm³/mol. The van der Waals surface area contributed by atoms with Crippen LogP contribution in [0.1, 0.15) is 37.3 Å². The molecule has 0 spiro atoms. The second-order valence-electron chi connectivity index (χ2n) is 7.30. The summed E-state index contributed by atoms with van der Waals surface area (Å²) in [6.07, 6.45) is 4.26. The maximum atomic E-state index is 13.1. The molecule has 1 aromatic rings. The van der Waals surface area contributed by atoms with Crippen molar-refractivity contribution in [2.75, 3.05) is 13.7 Å². The van der Waals surface area contributed by atoms with Crippen LogP contribution in [0.3, 0.4) is 0 Å². The van der Waals surface area contributed by atoms with Gasteiger partial charge in [-0.2, -0.15) is 0 Å². The summed E-state index contributed by atoms with van der Waals surface area (Å²) in [5.41, 5.74) is 0.909. The molecule has 2 saturated carbocycles. The number of hydrogen-bond acceptors (Lipinski definition) is 3. The minimum absolute atomic E-state index is 0.00680. The zero-order chi connectivity index (χ0) is 16.7. The zero-order valence-electron chi connectivity index (χ0n) is 14.0. The van der Waals surface area contributed by atoms with Gasteiger partial charge in [-0.1, -0.05) is 30.3 Å². The van der Waals surface area contributed by atoms with E-state index < -0.39 is 12.1 Å². The predicted octanol–water partition coefficient (Wildman–Crippen LogP) is 1.89. The Hall–Kier alpha value is -1.88. The molecule has 3 aliphatic rings. The van der Waals surface area contributed by atoms with Crippen LogP contribution in [0.2, 0.25) is 0 Å². The van der Waals surface area contributed by atoms with E-state index >= 15 is 0 Å². The number of amides is 2.